The van der Waals surface area contributed by atoms with Gasteiger partial charge in [-0.05, 0) is 44.4 Å². The van der Waals surface area contributed by atoms with Crippen molar-refractivity contribution in [3.63, 3.8) is 0 Å². The van der Waals surface area contributed by atoms with Crippen LogP contribution in [0.15, 0.2) is 0 Å². The van der Waals surface area contributed by atoms with Gasteiger partial charge >= 0.3 is 6.09 Å². The molecule has 3 saturated carbocycles. The third kappa shape index (κ3) is 3.32. The van der Waals surface area contributed by atoms with Crippen LogP contribution in [-0.4, -0.2) is 28.4 Å². The van der Waals surface area contributed by atoms with E-state index >= 15 is 0 Å². The standard InChI is InChI=1S/C19H27F2N3O2/c1-24-18(22-19(25)26-14-9-13(10-14)17(20)21)15(11-7-4-8-11)16(23-24)12-5-2-3-6-12/h11-14,17H,2-10H2,1H3,(H,22,25). The molecule has 5 nitrogen and oxygen atoms in total. The summed E-state index contributed by atoms with van der Waals surface area (Å²) in [6, 6.07) is 0. The molecular weight excluding hydrogens is 340 g/mol. The zero-order valence-electron chi connectivity index (χ0n) is 15.2. The fraction of sp³-hybridized carbons (Fsp3) is 0.789. The maximum absolute atomic E-state index is 12.6. The molecule has 1 aromatic rings. The van der Waals surface area contributed by atoms with Crippen molar-refractivity contribution < 1.29 is 18.3 Å². The number of alkyl halides is 2. The van der Waals surface area contributed by atoms with Crippen molar-refractivity contribution in [3.05, 3.63) is 11.3 Å². The van der Waals surface area contributed by atoms with Crippen molar-refractivity contribution in [2.24, 2.45) is 13.0 Å². The van der Waals surface area contributed by atoms with E-state index in [1.807, 2.05) is 7.05 Å². The number of aryl methyl sites for hydroxylation is 1. The molecule has 26 heavy (non-hydrogen) atoms. The fourth-order valence-electron chi connectivity index (χ4n) is 4.50. The number of ether oxygens (including phenoxy) is 1. The highest BCUT2D eigenvalue weighted by Crippen LogP contribution is 2.46. The molecule has 144 valence electrons. The average molecular weight is 367 g/mol. The Hall–Kier alpha value is -1.66. The number of amides is 1. The summed E-state index contributed by atoms with van der Waals surface area (Å²) < 4.78 is 32.2. The molecule has 4 rings (SSSR count). The van der Waals surface area contributed by atoms with Crippen LogP contribution in [0, 0.1) is 5.92 Å². The number of halogens is 2. The van der Waals surface area contributed by atoms with Gasteiger partial charge in [0.25, 0.3) is 0 Å². The van der Waals surface area contributed by atoms with Crippen molar-refractivity contribution in [1.29, 1.82) is 0 Å². The number of aromatic nitrogens is 2. The molecular formula is C19H27F2N3O2. The molecule has 0 atom stereocenters. The first kappa shape index (κ1) is 17.7. The first-order valence-electron chi connectivity index (χ1n) is 9.85. The van der Waals surface area contributed by atoms with Gasteiger partial charge < -0.3 is 4.74 Å². The number of nitrogens with zero attached hydrogens (tertiary/aromatic N) is 2. The van der Waals surface area contributed by atoms with Crippen molar-refractivity contribution in [2.75, 3.05) is 5.32 Å². The maximum Gasteiger partial charge on any atom is 0.413 e. The third-order valence-corrected chi connectivity index (χ3v) is 6.35. The van der Waals surface area contributed by atoms with Crippen LogP contribution in [0.2, 0.25) is 0 Å². The van der Waals surface area contributed by atoms with Crippen LogP contribution < -0.4 is 5.32 Å². The summed E-state index contributed by atoms with van der Waals surface area (Å²) >= 11 is 0. The predicted octanol–water partition coefficient (Wildman–Crippen LogP) is 4.94. The Morgan fingerprint density at radius 1 is 1.15 bits per heavy atom. The molecule has 1 N–H and O–H groups in total. The van der Waals surface area contributed by atoms with Gasteiger partial charge in [-0.25, -0.2) is 13.6 Å². The number of anilines is 1. The van der Waals surface area contributed by atoms with E-state index in [0.29, 0.717) is 11.8 Å². The second-order valence-electron chi connectivity index (χ2n) is 8.10. The molecule has 0 aromatic carbocycles. The quantitative estimate of drug-likeness (QED) is 0.802. The van der Waals surface area contributed by atoms with Crippen molar-refractivity contribution >= 4 is 11.9 Å². The predicted molar refractivity (Wildman–Crippen MR) is 93.6 cm³/mol. The number of carbonyl (C=O) groups excluding carboxylic acids is 1. The largest absolute Gasteiger partial charge is 0.446 e. The topological polar surface area (TPSA) is 56.2 Å². The Balaban J connectivity index is 1.46. The van der Waals surface area contributed by atoms with E-state index in [0.717, 1.165) is 37.2 Å². The Bertz CT molecular complexity index is 660. The van der Waals surface area contributed by atoms with Gasteiger partial charge in [0, 0.05) is 24.4 Å². The normalized spacial score (nSPS) is 26.6. The lowest BCUT2D eigenvalue weighted by molar-refractivity contribution is -0.0478. The number of hydrogen-bond donors (Lipinski definition) is 1. The first-order valence-corrected chi connectivity index (χ1v) is 9.85. The number of nitrogens with one attached hydrogen (secondary N) is 1. The van der Waals surface area contributed by atoms with Crippen molar-refractivity contribution in [2.45, 2.75) is 82.2 Å². The second-order valence-corrected chi connectivity index (χ2v) is 8.10. The molecule has 1 heterocycles. The lowest BCUT2D eigenvalue weighted by Gasteiger charge is -2.34. The van der Waals surface area contributed by atoms with Gasteiger partial charge in [0.1, 0.15) is 11.9 Å². The van der Waals surface area contributed by atoms with Crippen LogP contribution >= 0.6 is 0 Å². The molecule has 1 aromatic heterocycles. The zero-order valence-corrected chi connectivity index (χ0v) is 15.2. The molecule has 1 amide bonds. The molecule has 0 unspecified atom stereocenters. The SMILES string of the molecule is Cn1nc(C2CCCC2)c(C2CCC2)c1NC(=O)OC1CC(C(F)F)C1. The first-order chi connectivity index (χ1) is 12.5. The minimum atomic E-state index is -2.32. The molecule has 0 aliphatic heterocycles. The summed E-state index contributed by atoms with van der Waals surface area (Å²) in [7, 11) is 1.85. The van der Waals surface area contributed by atoms with Crippen LogP contribution in [-0.2, 0) is 11.8 Å². The smallest absolute Gasteiger partial charge is 0.413 e. The maximum atomic E-state index is 12.6. The van der Waals surface area contributed by atoms with Crippen molar-refractivity contribution in [3.8, 4) is 0 Å². The van der Waals surface area contributed by atoms with E-state index in [9.17, 15) is 13.6 Å². The minimum Gasteiger partial charge on any atom is -0.446 e. The summed E-state index contributed by atoms with van der Waals surface area (Å²) in [5.74, 6) is 1.04. The Kier molecular flexibility index (Phi) is 4.88. The Morgan fingerprint density at radius 3 is 2.38 bits per heavy atom. The highest BCUT2D eigenvalue weighted by Gasteiger charge is 2.39. The fourth-order valence-corrected chi connectivity index (χ4v) is 4.50. The van der Waals surface area contributed by atoms with Gasteiger partial charge in [-0.1, -0.05) is 19.3 Å². The van der Waals surface area contributed by atoms with Crippen LogP contribution in [0.25, 0.3) is 0 Å². The van der Waals surface area contributed by atoms with Crippen LogP contribution in [0.3, 0.4) is 0 Å². The van der Waals surface area contributed by atoms with Gasteiger partial charge in [-0.15, -0.1) is 0 Å². The monoisotopic (exact) mass is 367 g/mol. The molecule has 0 saturated heterocycles. The van der Waals surface area contributed by atoms with Gasteiger partial charge in [-0.3, -0.25) is 10.00 Å². The molecule has 3 aliphatic carbocycles. The molecule has 0 spiro atoms. The van der Waals surface area contributed by atoms with E-state index in [2.05, 4.69) is 5.32 Å². The van der Waals surface area contributed by atoms with E-state index in [1.54, 1.807) is 4.68 Å². The average Bonchev–Trinajstić information content (AvgIpc) is 3.11. The third-order valence-electron chi connectivity index (χ3n) is 6.35. The number of hydrogen-bond acceptors (Lipinski definition) is 3. The highest BCUT2D eigenvalue weighted by atomic mass is 19.3. The van der Waals surface area contributed by atoms with Gasteiger partial charge in [0.2, 0.25) is 6.43 Å². The lowest BCUT2D eigenvalue weighted by atomic mass is 9.78. The molecule has 3 aliphatic rings. The summed E-state index contributed by atoms with van der Waals surface area (Å²) in [6.07, 6.45) is 5.51. The summed E-state index contributed by atoms with van der Waals surface area (Å²) in [5, 5.41) is 7.61. The highest BCUT2D eigenvalue weighted by molar-refractivity contribution is 5.85. The minimum absolute atomic E-state index is 0.249. The van der Waals surface area contributed by atoms with E-state index in [1.165, 1.54) is 24.8 Å². The van der Waals surface area contributed by atoms with Gasteiger partial charge in [0.15, 0.2) is 0 Å². The molecule has 0 radical (unpaired) electrons. The van der Waals surface area contributed by atoms with Gasteiger partial charge in [-0.2, -0.15) is 5.10 Å². The summed E-state index contributed by atoms with van der Waals surface area (Å²) in [5.41, 5.74) is 2.33. The van der Waals surface area contributed by atoms with Crippen LogP contribution in [0.5, 0.6) is 0 Å². The van der Waals surface area contributed by atoms with Crippen molar-refractivity contribution in [1.82, 2.24) is 9.78 Å². The molecule has 7 heteroatoms. The summed E-state index contributed by atoms with van der Waals surface area (Å²) in [6.45, 7) is 0. The number of carbonyl (C=O) groups is 1. The molecule has 0 bridgehead atoms. The summed E-state index contributed by atoms with van der Waals surface area (Å²) in [4.78, 5) is 12.3. The lowest BCUT2D eigenvalue weighted by Crippen LogP contribution is -2.38. The van der Waals surface area contributed by atoms with E-state index < -0.39 is 24.5 Å². The molecule has 3 fully saturated rings. The Labute approximate surface area is 152 Å². The van der Waals surface area contributed by atoms with E-state index in [-0.39, 0.29) is 12.8 Å². The van der Waals surface area contributed by atoms with E-state index in [4.69, 9.17) is 9.84 Å². The van der Waals surface area contributed by atoms with Crippen LogP contribution in [0.4, 0.5) is 19.4 Å². The zero-order chi connectivity index (χ0) is 18.3. The second kappa shape index (κ2) is 7.16. The number of rotatable bonds is 5. The van der Waals surface area contributed by atoms with Gasteiger partial charge in [0.05, 0.1) is 5.69 Å². The Morgan fingerprint density at radius 2 is 1.81 bits per heavy atom. The van der Waals surface area contributed by atoms with Crippen LogP contribution in [0.1, 0.15) is 80.9 Å².